The van der Waals surface area contributed by atoms with Crippen molar-refractivity contribution in [3.8, 4) is 5.75 Å². The molecule has 3 heteroatoms. The number of benzene rings is 1. The Labute approximate surface area is 69.7 Å². The summed E-state index contributed by atoms with van der Waals surface area (Å²) in [4.78, 5) is 0. The minimum absolute atomic E-state index is 0.0393. The van der Waals surface area contributed by atoms with Crippen molar-refractivity contribution in [1.29, 1.82) is 0 Å². The van der Waals surface area contributed by atoms with Crippen LogP contribution in [0.2, 0.25) is 5.02 Å². The van der Waals surface area contributed by atoms with Gasteiger partial charge in [-0.25, -0.2) is 4.39 Å². The quantitative estimate of drug-likeness (QED) is 0.683. The van der Waals surface area contributed by atoms with Gasteiger partial charge in [0, 0.05) is 0 Å². The normalized spacial score (nSPS) is 9.64. The lowest BCUT2D eigenvalue weighted by molar-refractivity contribution is 0.273. The van der Waals surface area contributed by atoms with Gasteiger partial charge < -0.3 is 4.74 Å². The van der Waals surface area contributed by atoms with E-state index in [0.717, 1.165) is 0 Å². The van der Waals surface area contributed by atoms with E-state index < -0.39 is 6.67 Å². The van der Waals surface area contributed by atoms with Gasteiger partial charge in [0.25, 0.3) is 0 Å². The third-order valence-corrected chi connectivity index (χ3v) is 1.42. The number of rotatable bonds is 3. The molecule has 0 amide bonds. The Balaban J connectivity index is 2.62. The van der Waals surface area contributed by atoms with Gasteiger partial charge in [0.05, 0.1) is 5.02 Å². The highest BCUT2D eigenvalue weighted by Gasteiger charge is 1.97. The van der Waals surface area contributed by atoms with E-state index in [4.69, 9.17) is 16.3 Å². The molecule has 0 unspecified atom stereocenters. The van der Waals surface area contributed by atoms with Crippen LogP contribution in [-0.2, 0) is 0 Å². The van der Waals surface area contributed by atoms with Crippen molar-refractivity contribution in [3.05, 3.63) is 29.3 Å². The number of alkyl halides is 1. The molecule has 0 aliphatic carbocycles. The zero-order valence-corrected chi connectivity index (χ0v) is 6.57. The maximum atomic E-state index is 11.6. The Kier molecular flexibility index (Phi) is 3.17. The molecule has 0 N–H and O–H groups in total. The van der Waals surface area contributed by atoms with Gasteiger partial charge in [-0.3, -0.25) is 0 Å². The molecule has 0 fully saturated rings. The maximum Gasteiger partial charge on any atom is 0.138 e. The van der Waals surface area contributed by atoms with Gasteiger partial charge in [0.15, 0.2) is 0 Å². The first-order valence-electron chi connectivity index (χ1n) is 3.19. The van der Waals surface area contributed by atoms with Crippen LogP contribution in [0.5, 0.6) is 5.75 Å². The van der Waals surface area contributed by atoms with E-state index in [-0.39, 0.29) is 6.61 Å². The van der Waals surface area contributed by atoms with Crippen molar-refractivity contribution in [2.75, 3.05) is 13.3 Å². The van der Waals surface area contributed by atoms with Crippen LogP contribution in [0, 0.1) is 6.07 Å². The van der Waals surface area contributed by atoms with Crippen LogP contribution in [0.3, 0.4) is 0 Å². The van der Waals surface area contributed by atoms with Crippen LogP contribution in [0.4, 0.5) is 4.39 Å². The van der Waals surface area contributed by atoms with Gasteiger partial charge >= 0.3 is 0 Å². The lowest BCUT2D eigenvalue weighted by atomic mass is 10.3. The highest BCUT2D eigenvalue weighted by atomic mass is 35.5. The molecular formula is C8H7ClFO. The average molecular weight is 174 g/mol. The zero-order chi connectivity index (χ0) is 8.10. The summed E-state index contributed by atoms with van der Waals surface area (Å²) in [5, 5.41) is 0.484. The predicted octanol–water partition coefficient (Wildman–Crippen LogP) is 2.49. The fourth-order valence-electron chi connectivity index (χ4n) is 0.655. The monoisotopic (exact) mass is 173 g/mol. The van der Waals surface area contributed by atoms with E-state index in [9.17, 15) is 4.39 Å². The molecule has 0 saturated carbocycles. The van der Waals surface area contributed by atoms with Crippen LogP contribution in [0.25, 0.3) is 0 Å². The maximum absolute atomic E-state index is 11.6. The molecule has 1 radical (unpaired) electrons. The van der Waals surface area contributed by atoms with E-state index in [1.165, 1.54) is 0 Å². The number of hydrogen-bond acceptors (Lipinski definition) is 1. The summed E-state index contributed by atoms with van der Waals surface area (Å²) < 4.78 is 16.6. The molecule has 0 aliphatic rings. The Bertz CT molecular complexity index is 227. The predicted molar refractivity (Wildman–Crippen MR) is 41.8 cm³/mol. The summed E-state index contributed by atoms with van der Waals surface area (Å²) >= 11 is 5.69. The van der Waals surface area contributed by atoms with Crippen molar-refractivity contribution in [3.63, 3.8) is 0 Å². The molecule has 0 atom stereocenters. The van der Waals surface area contributed by atoms with Gasteiger partial charge in [0.2, 0.25) is 0 Å². The van der Waals surface area contributed by atoms with Gasteiger partial charge in [-0.05, 0) is 18.2 Å². The lowest BCUT2D eigenvalue weighted by Crippen LogP contribution is -1.98. The molecule has 1 aromatic carbocycles. The summed E-state index contributed by atoms with van der Waals surface area (Å²) in [5.74, 6) is 0.479. The van der Waals surface area contributed by atoms with E-state index in [1.807, 2.05) is 0 Å². The van der Waals surface area contributed by atoms with Gasteiger partial charge in [0.1, 0.15) is 19.0 Å². The van der Waals surface area contributed by atoms with Crippen LogP contribution in [0.15, 0.2) is 18.2 Å². The van der Waals surface area contributed by atoms with Crippen molar-refractivity contribution in [2.24, 2.45) is 0 Å². The molecule has 1 aromatic rings. The fraction of sp³-hybridized carbons (Fsp3) is 0.250. The Morgan fingerprint density at radius 1 is 1.64 bits per heavy atom. The molecule has 0 spiro atoms. The van der Waals surface area contributed by atoms with Gasteiger partial charge in [-0.1, -0.05) is 17.7 Å². The molecule has 0 heterocycles. The third-order valence-electron chi connectivity index (χ3n) is 1.11. The summed E-state index contributed by atoms with van der Waals surface area (Å²) in [6, 6.07) is 7.68. The van der Waals surface area contributed by atoms with Gasteiger partial charge in [-0.15, -0.1) is 0 Å². The standard InChI is InChI=1S/C8H7ClFO/c9-7-3-1-2-4-8(7)11-6-5-10/h1,3-4H,5-6H2. The van der Waals surface area contributed by atoms with Crippen molar-refractivity contribution in [1.82, 2.24) is 0 Å². The number of halogens is 2. The highest BCUT2D eigenvalue weighted by molar-refractivity contribution is 6.32. The topological polar surface area (TPSA) is 9.23 Å². The number of ether oxygens (including phenoxy) is 1. The first kappa shape index (κ1) is 8.34. The summed E-state index contributed by atoms with van der Waals surface area (Å²) in [5.41, 5.74) is 0. The summed E-state index contributed by atoms with van der Waals surface area (Å²) in [6.45, 7) is -0.469. The second kappa shape index (κ2) is 4.19. The second-order valence-electron chi connectivity index (χ2n) is 1.89. The lowest BCUT2D eigenvalue weighted by Gasteiger charge is -2.03. The van der Waals surface area contributed by atoms with Crippen LogP contribution in [0.1, 0.15) is 0 Å². The van der Waals surface area contributed by atoms with Crippen molar-refractivity contribution in [2.45, 2.75) is 0 Å². The minimum atomic E-state index is -0.509. The molecule has 0 aliphatic heterocycles. The zero-order valence-electron chi connectivity index (χ0n) is 5.81. The molecular weight excluding hydrogens is 167 g/mol. The van der Waals surface area contributed by atoms with E-state index in [1.54, 1.807) is 18.2 Å². The third kappa shape index (κ3) is 2.39. The smallest absolute Gasteiger partial charge is 0.138 e. The SMILES string of the molecule is FCCOc1c[c]ccc1Cl. The summed E-state index contributed by atoms with van der Waals surface area (Å²) in [6.07, 6.45) is 0. The number of hydrogen-bond donors (Lipinski definition) is 0. The first-order chi connectivity index (χ1) is 5.34. The Morgan fingerprint density at radius 3 is 3.09 bits per heavy atom. The van der Waals surface area contributed by atoms with Crippen LogP contribution < -0.4 is 4.74 Å². The largest absolute Gasteiger partial charge is 0.489 e. The van der Waals surface area contributed by atoms with Crippen LogP contribution in [-0.4, -0.2) is 13.3 Å². The molecule has 0 saturated heterocycles. The van der Waals surface area contributed by atoms with E-state index in [2.05, 4.69) is 6.07 Å². The highest BCUT2D eigenvalue weighted by Crippen LogP contribution is 2.22. The Morgan fingerprint density at radius 2 is 2.45 bits per heavy atom. The molecule has 1 nitrogen and oxygen atoms in total. The molecule has 0 aromatic heterocycles. The minimum Gasteiger partial charge on any atom is -0.489 e. The van der Waals surface area contributed by atoms with Crippen molar-refractivity contribution < 1.29 is 9.13 Å². The first-order valence-corrected chi connectivity index (χ1v) is 3.57. The Hall–Kier alpha value is -0.760. The van der Waals surface area contributed by atoms with Crippen LogP contribution >= 0.6 is 11.6 Å². The van der Waals surface area contributed by atoms with Gasteiger partial charge in [-0.2, -0.15) is 0 Å². The fourth-order valence-corrected chi connectivity index (χ4v) is 0.827. The summed E-state index contributed by atoms with van der Waals surface area (Å²) in [7, 11) is 0. The molecule has 59 valence electrons. The van der Waals surface area contributed by atoms with Crippen molar-refractivity contribution >= 4 is 11.6 Å². The molecule has 11 heavy (non-hydrogen) atoms. The molecule has 0 bridgehead atoms. The van der Waals surface area contributed by atoms with E-state index in [0.29, 0.717) is 10.8 Å². The second-order valence-corrected chi connectivity index (χ2v) is 2.30. The average Bonchev–Trinajstić information content (AvgIpc) is 2.03. The van der Waals surface area contributed by atoms with E-state index >= 15 is 0 Å². The molecule has 1 rings (SSSR count).